The number of likely N-dealkylation sites (tertiary alicyclic amines) is 1. The Balaban J connectivity index is 1.61. The van der Waals surface area contributed by atoms with Crippen LogP contribution in [0.4, 0.5) is 23.5 Å². The van der Waals surface area contributed by atoms with Crippen LogP contribution in [-0.2, 0) is 11.3 Å². The Bertz CT molecular complexity index is 1480. The van der Waals surface area contributed by atoms with Gasteiger partial charge in [-0.1, -0.05) is 0 Å². The largest absolute Gasteiger partial charge is 0.389 e. The van der Waals surface area contributed by atoms with Crippen LogP contribution in [0.2, 0.25) is 0 Å². The van der Waals surface area contributed by atoms with Crippen molar-refractivity contribution in [3.63, 3.8) is 0 Å². The molecule has 3 aromatic rings. The Morgan fingerprint density at radius 2 is 2.02 bits per heavy atom. The monoisotopic (exact) mass is 563 g/mol. The number of nitrogens with zero attached hydrogens (tertiary/aromatic N) is 4. The number of benzene rings is 1. The number of alkyl halides is 2. The number of aromatic nitrogens is 3. The van der Waals surface area contributed by atoms with Crippen molar-refractivity contribution in [3.8, 4) is 11.3 Å². The van der Waals surface area contributed by atoms with Crippen molar-refractivity contribution in [1.82, 2.24) is 19.4 Å². The van der Waals surface area contributed by atoms with Crippen LogP contribution in [0, 0.1) is 18.6 Å². The molecule has 0 aliphatic carbocycles. The molecule has 12 heteroatoms. The molecule has 8 nitrogen and oxygen atoms in total. The molecule has 0 amide bonds. The molecule has 216 valence electrons. The molecule has 0 unspecified atom stereocenters. The van der Waals surface area contributed by atoms with Crippen molar-refractivity contribution in [2.24, 2.45) is 0 Å². The molecule has 0 spiro atoms. The third kappa shape index (κ3) is 5.57. The predicted octanol–water partition coefficient (Wildman–Crippen LogP) is 4.42. The first kappa shape index (κ1) is 28.4. The molecule has 0 saturated carbocycles. The second-order valence-electron chi connectivity index (χ2n) is 11.0. The molecule has 2 aromatic heterocycles. The van der Waals surface area contributed by atoms with Crippen molar-refractivity contribution < 1.29 is 27.4 Å². The minimum absolute atomic E-state index is 0.0127. The lowest BCUT2D eigenvalue weighted by atomic mass is 10.0. The van der Waals surface area contributed by atoms with E-state index < -0.39 is 41.7 Å². The third-order valence-electron chi connectivity index (χ3n) is 7.66. The highest BCUT2D eigenvalue weighted by Gasteiger charge is 2.36. The number of rotatable bonds is 6. The Morgan fingerprint density at radius 3 is 2.73 bits per heavy atom. The number of piperidine rings is 1. The van der Waals surface area contributed by atoms with Crippen molar-refractivity contribution in [3.05, 3.63) is 51.4 Å². The highest BCUT2D eigenvalue weighted by atomic mass is 19.3. The molecular formula is C28H33F4N5O3. The first-order valence-electron chi connectivity index (χ1n) is 13.5. The van der Waals surface area contributed by atoms with Crippen LogP contribution >= 0.6 is 0 Å². The molecular weight excluding hydrogens is 530 g/mol. The summed E-state index contributed by atoms with van der Waals surface area (Å²) in [5.41, 5.74) is 0.386. The Morgan fingerprint density at radius 1 is 1.25 bits per heavy atom. The fourth-order valence-electron chi connectivity index (χ4n) is 5.64. The summed E-state index contributed by atoms with van der Waals surface area (Å²) in [6, 6.07) is 1.82. The Hall–Kier alpha value is -3.09. The smallest absolute Gasteiger partial charge is 0.260 e. The quantitative estimate of drug-likeness (QED) is 0.429. The number of pyridine rings is 1. The van der Waals surface area contributed by atoms with E-state index in [1.54, 1.807) is 11.8 Å². The van der Waals surface area contributed by atoms with Crippen LogP contribution in [0.3, 0.4) is 0 Å². The van der Waals surface area contributed by atoms with Crippen molar-refractivity contribution in [2.45, 2.75) is 70.7 Å². The van der Waals surface area contributed by atoms with Crippen molar-refractivity contribution in [1.29, 1.82) is 0 Å². The number of hydrogen-bond donors (Lipinski definition) is 2. The van der Waals surface area contributed by atoms with E-state index in [1.807, 2.05) is 18.4 Å². The minimum Gasteiger partial charge on any atom is -0.389 e. The summed E-state index contributed by atoms with van der Waals surface area (Å²) in [4.78, 5) is 23.2. The maximum absolute atomic E-state index is 15.5. The lowest BCUT2D eigenvalue weighted by Gasteiger charge is -2.34. The van der Waals surface area contributed by atoms with Crippen LogP contribution < -0.4 is 10.7 Å². The second kappa shape index (κ2) is 11.1. The third-order valence-corrected chi connectivity index (χ3v) is 7.66. The molecule has 40 heavy (non-hydrogen) atoms. The summed E-state index contributed by atoms with van der Waals surface area (Å²) in [5.74, 6) is -4.49. The molecule has 2 saturated heterocycles. The Labute approximate surface area is 229 Å². The number of aliphatic hydroxyl groups is 1. The van der Waals surface area contributed by atoms with Gasteiger partial charge < -0.3 is 19.7 Å². The van der Waals surface area contributed by atoms with Crippen LogP contribution in [0.5, 0.6) is 0 Å². The van der Waals surface area contributed by atoms with Gasteiger partial charge in [-0.15, -0.1) is 0 Å². The standard InChI is InChI=1S/C28H33F4N5O3/c1-15(2)37-22-10-17(25-20(30)11-33-27(35-25)34-21-5-8-40-13-24(21)38)19(29)9-18(22)26(39)16(3)23(37)12-36-7-4-6-28(31,32)14-36/h9-11,15,21,24,38H,4-8,12-14H2,1-3H3,(H,33,34,35)/t21-,24-/m1/s1. The molecule has 0 radical (unpaired) electrons. The number of nitrogens with one attached hydrogen (secondary N) is 1. The van der Waals surface area contributed by atoms with E-state index in [1.165, 1.54) is 6.07 Å². The normalized spacial score (nSPS) is 21.7. The average Bonchev–Trinajstić information content (AvgIpc) is 2.89. The molecule has 2 aliphatic rings. The van der Waals surface area contributed by atoms with Crippen molar-refractivity contribution in [2.75, 3.05) is 31.6 Å². The van der Waals surface area contributed by atoms with Crippen LogP contribution in [0.15, 0.2) is 23.1 Å². The molecule has 0 bridgehead atoms. The predicted molar refractivity (Wildman–Crippen MR) is 143 cm³/mol. The average molecular weight is 564 g/mol. The first-order valence-corrected chi connectivity index (χ1v) is 13.5. The van der Waals surface area contributed by atoms with Gasteiger partial charge >= 0.3 is 0 Å². The van der Waals surface area contributed by atoms with Gasteiger partial charge in [0.2, 0.25) is 5.95 Å². The number of aliphatic hydroxyl groups excluding tert-OH is 1. The summed E-state index contributed by atoms with van der Waals surface area (Å²) in [6.07, 6.45) is 0.759. The van der Waals surface area contributed by atoms with Gasteiger partial charge in [0.05, 0.1) is 37.0 Å². The molecule has 4 heterocycles. The van der Waals surface area contributed by atoms with E-state index >= 15 is 8.78 Å². The first-order chi connectivity index (χ1) is 18.9. The summed E-state index contributed by atoms with van der Waals surface area (Å²) in [6.45, 7) is 6.13. The lowest BCUT2D eigenvalue weighted by Crippen LogP contribution is -2.43. The van der Waals surface area contributed by atoms with E-state index in [9.17, 15) is 18.7 Å². The van der Waals surface area contributed by atoms with Crippen molar-refractivity contribution >= 4 is 16.9 Å². The van der Waals surface area contributed by atoms with Crippen LogP contribution in [0.1, 0.15) is 50.4 Å². The summed E-state index contributed by atoms with van der Waals surface area (Å²) >= 11 is 0. The molecule has 2 N–H and O–H groups in total. The maximum atomic E-state index is 15.5. The molecule has 2 fully saturated rings. The molecule has 2 aliphatic heterocycles. The van der Waals surface area contributed by atoms with E-state index in [4.69, 9.17) is 4.74 Å². The fourth-order valence-corrected chi connectivity index (χ4v) is 5.64. The van der Waals surface area contributed by atoms with E-state index in [0.29, 0.717) is 42.8 Å². The van der Waals surface area contributed by atoms with E-state index in [0.717, 1.165) is 12.3 Å². The van der Waals surface area contributed by atoms with Gasteiger partial charge in [-0.3, -0.25) is 9.69 Å². The molecule has 2 atom stereocenters. The van der Waals surface area contributed by atoms with Gasteiger partial charge in [-0.25, -0.2) is 27.5 Å². The zero-order valence-electron chi connectivity index (χ0n) is 22.7. The number of fused-ring (bicyclic) bond motifs is 1. The van der Waals surface area contributed by atoms with Gasteiger partial charge in [0, 0.05) is 47.8 Å². The topological polar surface area (TPSA) is 92.5 Å². The summed E-state index contributed by atoms with van der Waals surface area (Å²) in [7, 11) is 0. The second-order valence-corrected chi connectivity index (χ2v) is 11.0. The van der Waals surface area contributed by atoms with Crippen LogP contribution in [0.25, 0.3) is 22.2 Å². The number of halogens is 4. The van der Waals surface area contributed by atoms with Gasteiger partial charge in [-0.2, -0.15) is 0 Å². The fraction of sp³-hybridized carbons (Fsp3) is 0.536. The lowest BCUT2D eigenvalue weighted by molar-refractivity contribution is -0.0666. The van der Waals surface area contributed by atoms with E-state index in [2.05, 4.69) is 15.3 Å². The number of hydrogen-bond acceptors (Lipinski definition) is 7. The highest BCUT2D eigenvalue weighted by molar-refractivity contribution is 5.85. The summed E-state index contributed by atoms with van der Waals surface area (Å²) in [5, 5.41) is 13.3. The zero-order valence-corrected chi connectivity index (χ0v) is 22.7. The van der Waals surface area contributed by atoms with E-state index in [-0.39, 0.29) is 48.2 Å². The Kier molecular flexibility index (Phi) is 7.86. The van der Waals surface area contributed by atoms with Crippen LogP contribution in [-0.4, -0.2) is 68.9 Å². The molecule has 5 rings (SSSR count). The van der Waals surface area contributed by atoms with Gasteiger partial charge in [-0.05, 0) is 52.3 Å². The molecule has 1 aromatic carbocycles. The number of anilines is 1. The number of ether oxygens (including phenoxy) is 1. The maximum Gasteiger partial charge on any atom is 0.260 e. The summed E-state index contributed by atoms with van der Waals surface area (Å²) < 4.78 is 65.9. The minimum atomic E-state index is -2.81. The van der Waals surface area contributed by atoms with Gasteiger partial charge in [0.25, 0.3) is 5.92 Å². The van der Waals surface area contributed by atoms with Gasteiger partial charge in [0.15, 0.2) is 11.2 Å². The highest BCUT2D eigenvalue weighted by Crippen LogP contribution is 2.32. The SMILES string of the molecule is Cc1c(CN2CCCC(F)(F)C2)n(C(C)C)c2cc(-c3nc(N[C@@H]4CCOC[C@H]4O)ncc3F)c(F)cc2c1=O. The zero-order chi connectivity index (χ0) is 28.8. The van der Waals surface area contributed by atoms with Gasteiger partial charge in [0.1, 0.15) is 11.5 Å².